The van der Waals surface area contributed by atoms with E-state index < -0.39 is 0 Å². The molecule has 21 heavy (non-hydrogen) atoms. The smallest absolute Gasteiger partial charge is 0.150 e. The number of carbonyl (C=O) groups excluding carboxylic acids is 1. The lowest BCUT2D eigenvalue weighted by Crippen LogP contribution is -2.51. The van der Waals surface area contributed by atoms with Crippen LogP contribution in [-0.4, -0.2) is 41.8 Å². The van der Waals surface area contributed by atoms with Gasteiger partial charge in [-0.3, -0.25) is 9.69 Å². The van der Waals surface area contributed by atoms with Gasteiger partial charge in [0.1, 0.15) is 11.3 Å². The molecule has 1 aliphatic heterocycles. The summed E-state index contributed by atoms with van der Waals surface area (Å²) in [5.74, 6) is 0. The van der Waals surface area contributed by atoms with E-state index in [0.717, 1.165) is 38.0 Å². The lowest BCUT2D eigenvalue weighted by atomic mass is 10.1. The first-order valence-electron chi connectivity index (χ1n) is 7.19. The van der Waals surface area contributed by atoms with Crippen LogP contribution in [-0.2, 0) is 6.54 Å². The average Bonchev–Trinajstić information content (AvgIpc) is 3.01. The molecule has 4 nitrogen and oxygen atoms in total. The maximum Gasteiger partial charge on any atom is 0.150 e. The number of rotatable bonds is 4. The van der Waals surface area contributed by atoms with Crippen LogP contribution in [0.2, 0.25) is 0 Å². The van der Waals surface area contributed by atoms with Crippen LogP contribution in [0.4, 0.5) is 5.69 Å². The normalized spacial score (nSPS) is 19.7. The SMILES string of the molecule is CC1CN(Cc2nccs2)CCN1c1ccc(C=O)cc1. The molecule has 1 fully saturated rings. The van der Waals surface area contributed by atoms with Crippen LogP contribution in [0.15, 0.2) is 35.8 Å². The van der Waals surface area contributed by atoms with Gasteiger partial charge in [0.15, 0.2) is 0 Å². The van der Waals surface area contributed by atoms with E-state index in [2.05, 4.69) is 21.7 Å². The van der Waals surface area contributed by atoms with Crippen LogP contribution in [0.5, 0.6) is 0 Å². The highest BCUT2D eigenvalue weighted by Gasteiger charge is 2.24. The first-order chi connectivity index (χ1) is 10.3. The molecule has 0 bridgehead atoms. The zero-order valence-corrected chi connectivity index (χ0v) is 12.9. The minimum absolute atomic E-state index is 0.459. The minimum Gasteiger partial charge on any atom is -0.366 e. The molecule has 0 spiro atoms. The van der Waals surface area contributed by atoms with Gasteiger partial charge in [-0.2, -0.15) is 0 Å². The Hall–Kier alpha value is -1.72. The van der Waals surface area contributed by atoms with E-state index in [1.807, 2.05) is 35.8 Å². The lowest BCUT2D eigenvalue weighted by molar-refractivity contribution is 0.112. The molecule has 2 heterocycles. The number of aldehydes is 1. The predicted octanol–water partition coefficient (Wildman–Crippen LogP) is 2.67. The molecule has 5 heteroatoms. The topological polar surface area (TPSA) is 36.4 Å². The molecule has 1 aromatic heterocycles. The van der Waals surface area contributed by atoms with E-state index in [-0.39, 0.29) is 0 Å². The summed E-state index contributed by atoms with van der Waals surface area (Å²) in [4.78, 5) is 20.0. The summed E-state index contributed by atoms with van der Waals surface area (Å²) in [6.45, 7) is 6.28. The van der Waals surface area contributed by atoms with Crippen molar-refractivity contribution < 1.29 is 4.79 Å². The number of hydrogen-bond donors (Lipinski definition) is 0. The third kappa shape index (κ3) is 3.31. The Balaban J connectivity index is 1.63. The second kappa shape index (κ2) is 6.37. The Kier molecular flexibility index (Phi) is 4.31. The van der Waals surface area contributed by atoms with E-state index in [4.69, 9.17) is 0 Å². The molecule has 3 rings (SSSR count). The van der Waals surface area contributed by atoms with Crippen molar-refractivity contribution in [3.8, 4) is 0 Å². The number of piperazine rings is 1. The number of carbonyl (C=O) groups is 1. The van der Waals surface area contributed by atoms with Crippen molar-refractivity contribution in [2.45, 2.75) is 19.5 Å². The number of thiazole rings is 1. The zero-order chi connectivity index (χ0) is 14.7. The maximum atomic E-state index is 10.7. The lowest BCUT2D eigenvalue weighted by Gasteiger charge is -2.41. The van der Waals surface area contributed by atoms with Crippen molar-refractivity contribution >= 4 is 23.3 Å². The van der Waals surface area contributed by atoms with Gasteiger partial charge in [-0.15, -0.1) is 11.3 Å². The number of benzene rings is 1. The molecule has 1 unspecified atom stereocenters. The van der Waals surface area contributed by atoms with Crippen LogP contribution in [0.3, 0.4) is 0 Å². The van der Waals surface area contributed by atoms with Crippen molar-refractivity contribution in [2.24, 2.45) is 0 Å². The molecule has 1 atom stereocenters. The molecular weight excluding hydrogens is 282 g/mol. The Morgan fingerprint density at radius 2 is 2.14 bits per heavy atom. The Labute approximate surface area is 129 Å². The molecular formula is C16H19N3OS. The fourth-order valence-corrected chi connectivity index (χ4v) is 3.48. The Morgan fingerprint density at radius 3 is 2.76 bits per heavy atom. The number of nitrogens with zero attached hydrogens (tertiary/aromatic N) is 3. The summed E-state index contributed by atoms with van der Waals surface area (Å²) in [5.41, 5.74) is 1.93. The Morgan fingerprint density at radius 1 is 1.33 bits per heavy atom. The van der Waals surface area contributed by atoms with Gasteiger partial charge < -0.3 is 4.90 Å². The van der Waals surface area contributed by atoms with E-state index >= 15 is 0 Å². The van der Waals surface area contributed by atoms with Gasteiger partial charge in [0, 0.05) is 48.5 Å². The summed E-state index contributed by atoms with van der Waals surface area (Å²) in [6.07, 6.45) is 2.76. The van der Waals surface area contributed by atoms with E-state index in [1.165, 1.54) is 10.7 Å². The highest BCUT2D eigenvalue weighted by Crippen LogP contribution is 2.22. The average molecular weight is 301 g/mol. The van der Waals surface area contributed by atoms with Gasteiger partial charge in [0.05, 0.1) is 6.54 Å². The predicted molar refractivity (Wildman–Crippen MR) is 86.0 cm³/mol. The second-order valence-electron chi connectivity index (χ2n) is 5.41. The molecule has 110 valence electrons. The highest BCUT2D eigenvalue weighted by atomic mass is 32.1. The first-order valence-corrected chi connectivity index (χ1v) is 8.07. The third-order valence-corrected chi connectivity index (χ3v) is 4.68. The summed E-state index contributed by atoms with van der Waals surface area (Å²) in [5, 5.41) is 3.22. The quantitative estimate of drug-likeness (QED) is 0.814. The molecule has 2 aromatic rings. The van der Waals surface area contributed by atoms with Crippen molar-refractivity contribution in [1.82, 2.24) is 9.88 Å². The molecule has 0 saturated carbocycles. The van der Waals surface area contributed by atoms with Gasteiger partial charge in [-0.25, -0.2) is 4.98 Å². The molecule has 0 aliphatic carbocycles. The monoisotopic (exact) mass is 301 g/mol. The van der Waals surface area contributed by atoms with Gasteiger partial charge in [-0.05, 0) is 31.2 Å². The number of hydrogen-bond acceptors (Lipinski definition) is 5. The standard InChI is InChI=1S/C16H19N3OS/c1-13-10-18(11-16-17-6-9-21-16)7-8-19(13)15-4-2-14(12-20)3-5-15/h2-6,9,12-13H,7-8,10-11H2,1H3. The van der Waals surface area contributed by atoms with Gasteiger partial charge in [0.2, 0.25) is 0 Å². The zero-order valence-electron chi connectivity index (χ0n) is 12.1. The van der Waals surface area contributed by atoms with Crippen molar-refractivity contribution in [3.05, 3.63) is 46.4 Å². The van der Waals surface area contributed by atoms with Crippen molar-refractivity contribution in [3.63, 3.8) is 0 Å². The van der Waals surface area contributed by atoms with Crippen molar-refractivity contribution in [2.75, 3.05) is 24.5 Å². The fraction of sp³-hybridized carbons (Fsp3) is 0.375. The molecule has 1 aliphatic rings. The van der Waals surface area contributed by atoms with Gasteiger partial charge >= 0.3 is 0 Å². The van der Waals surface area contributed by atoms with Crippen LogP contribution in [0, 0.1) is 0 Å². The van der Waals surface area contributed by atoms with Gasteiger partial charge in [-0.1, -0.05) is 0 Å². The summed E-state index contributed by atoms with van der Waals surface area (Å²) in [7, 11) is 0. The third-order valence-electron chi connectivity index (χ3n) is 3.91. The molecule has 1 saturated heterocycles. The number of aromatic nitrogens is 1. The summed E-state index contributed by atoms with van der Waals surface area (Å²) < 4.78 is 0. The highest BCUT2D eigenvalue weighted by molar-refractivity contribution is 7.09. The van der Waals surface area contributed by atoms with Crippen LogP contribution in [0.1, 0.15) is 22.3 Å². The molecule has 0 amide bonds. The van der Waals surface area contributed by atoms with E-state index in [0.29, 0.717) is 6.04 Å². The molecule has 0 N–H and O–H groups in total. The van der Waals surface area contributed by atoms with Gasteiger partial charge in [0.25, 0.3) is 0 Å². The second-order valence-corrected chi connectivity index (χ2v) is 6.39. The first kappa shape index (κ1) is 14.2. The number of anilines is 1. The fourth-order valence-electron chi connectivity index (χ4n) is 2.83. The molecule has 1 aromatic carbocycles. The summed E-state index contributed by atoms with van der Waals surface area (Å²) >= 11 is 1.72. The Bertz CT molecular complexity index is 582. The van der Waals surface area contributed by atoms with Crippen LogP contribution in [0.25, 0.3) is 0 Å². The minimum atomic E-state index is 0.459. The maximum absolute atomic E-state index is 10.7. The van der Waals surface area contributed by atoms with Crippen LogP contribution < -0.4 is 4.90 Å². The molecule has 0 radical (unpaired) electrons. The van der Waals surface area contributed by atoms with Crippen molar-refractivity contribution in [1.29, 1.82) is 0 Å². The van der Waals surface area contributed by atoms with E-state index in [1.54, 1.807) is 11.3 Å². The largest absolute Gasteiger partial charge is 0.366 e. The van der Waals surface area contributed by atoms with Crippen LogP contribution >= 0.6 is 11.3 Å². The summed E-state index contributed by atoms with van der Waals surface area (Å²) in [6, 6.07) is 8.31. The van der Waals surface area contributed by atoms with E-state index in [9.17, 15) is 4.79 Å².